The van der Waals surface area contributed by atoms with Crippen LogP contribution < -0.4 is 0 Å². The topological polar surface area (TPSA) is 24.7 Å². The van der Waals surface area contributed by atoms with Crippen LogP contribution in [0.3, 0.4) is 0 Å². The van der Waals surface area contributed by atoms with Crippen LogP contribution in [-0.2, 0) is 6.54 Å². The molecule has 0 radical (unpaired) electrons. The number of hydrogen-bond donors (Lipinski definition) is 0. The van der Waals surface area contributed by atoms with Crippen LogP contribution in [0.2, 0.25) is 10.0 Å². The summed E-state index contributed by atoms with van der Waals surface area (Å²) in [4.78, 5) is 0. The van der Waals surface area contributed by atoms with Crippen LogP contribution in [0, 0.1) is 0 Å². The van der Waals surface area contributed by atoms with E-state index in [9.17, 15) is 0 Å². The fourth-order valence-electron chi connectivity index (χ4n) is 0.797. The van der Waals surface area contributed by atoms with Gasteiger partial charge >= 0.3 is 0 Å². The van der Waals surface area contributed by atoms with Gasteiger partial charge in [-0.2, -0.15) is 10.2 Å². The van der Waals surface area contributed by atoms with E-state index in [1.165, 1.54) is 0 Å². The molecule has 0 saturated carbocycles. The fourth-order valence-corrected chi connectivity index (χ4v) is 1.27. The molecule has 2 nitrogen and oxygen atoms in total. The van der Waals surface area contributed by atoms with Crippen LogP contribution >= 0.6 is 23.2 Å². The summed E-state index contributed by atoms with van der Waals surface area (Å²) >= 11 is 11.6. The summed E-state index contributed by atoms with van der Waals surface area (Å²) in [7, 11) is 1.63. The maximum absolute atomic E-state index is 5.88. The van der Waals surface area contributed by atoms with Gasteiger partial charge in [0.25, 0.3) is 0 Å². The van der Waals surface area contributed by atoms with E-state index >= 15 is 0 Å². The molecule has 1 aromatic rings. The van der Waals surface area contributed by atoms with E-state index in [-0.39, 0.29) is 0 Å². The largest absolute Gasteiger partial charge is 0.197 e. The highest BCUT2D eigenvalue weighted by Gasteiger charge is 1.99. The third kappa shape index (κ3) is 2.47. The van der Waals surface area contributed by atoms with E-state index in [0.29, 0.717) is 16.6 Å². The highest BCUT2D eigenvalue weighted by Crippen LogP contribution is 2.21. The lowest BCUT2D eigenvalue weighted by Crippen LogP contribution is -1.81. The minimum atomic E-state index is 0.506. The van der Waals surface area contributed by atoms with Crippen molar-refractivity contribution in [2.24, 2.45) is 10.2 Å². The van der Waals surface area contributed by atoms with E-state index in [4.69, 9.17) is 23.2 Å². The molecule has 0 amide bonds. The zero-order chi connectivity index (χ0) is 8.97. The van der Waals surface area contributed by atoms with Crippen molar-refractivity contribution in [3.63, 3.8) is 0 Å². The van der Waals surface area contributed by atoms with Gasteiger partial charge in [-0.1, -0.05) is 29.3 Å². The second-order valence-electron chi connectivity index (χ2n) is 2.24. The van der Waals surface area contributed by atoms with Crippen molar-refractivity contribution in [1.82, 2.24) is 0 Å². The quantitative estimate of drug-likeness (QED) is 0.656. The van der Waals surface area contributed by atoms with Gasteiger partial charge in [0.2, 0.25) is 0 Å². The molecule has 0 N–H and O–H groups in total. The second kappa shape index (κ2) is 4.43. The summed E-state index contributed by atoms with van der Waals surface area (Å²) < 4.78 is 0. The summed E-state index contributed by atoms with van der Waals surface area (Å²) in [6.07, 6.45) is 0. The van der Waals surface area contributed by atoms with E-state index in [2.05, 4.69) is 10.2 Å². The van der Waals surface area contributed by atoms with Crippen molar-refractivity contribution in [3.05, 3.63) is 33.8 Å². The Balaban J connectivity index is 2.86. The summed E-state index contributed by atoms with van der Waals surface area (Å²) in [5.41, 5.74) is 0.937. The Morgan fingerprint density at radius 3 is 2.67 bits per heavy atom. The second-order valence-corrected chi connectivity index (χ2v) is 3.08. The lowest BCUT2D eigenvalue weighted by atomic mass is 10.2. The third-order valence-electron chi connectivity index (χ3n) is 1.40. The molecule has 0 unspecified atom stereocenters. The molecule has 0 heterocycles. The van der Waals surface area contributed by atoms with Crippen LogP contribution in [0.15, 0.2) is 28.4 Å². The Morgan fingerprint density at radius 1 is 1.33 bits per heavy atom. The molecule has 0 aliphatic heterocycles. The molecule has 0 aromatic heterocycles. The summed E-state index contributed by atoms with van der Waals surface area (Å²) in [6, 6.07) is 5.33. The van der Waals surface area contributed by atoms with Gasteiger partial charge < -0.3 is 0 Å². The molecular formula is C8H8Cl2N2. The molecule has 0 atom stereocenters. The summed E-state index contributed by atoms with van der Waals surface area (Å²) in [5, 5.41) is 8.73. The molecular weight excluding hydrogens is 195 g/mol. The number of nitrogens with zero attached hydrogens (tertiary/aromatic N) is 2. The molecule has 0 bridgehead atoms. The van der Waals surface area contributed by atoms with E-state index in [1.54, 1.807) is 19.2 Å². The third-order valence-corrected chi connectivity index (χ3v) is 1.98. The first-order chi connectivity index (χ1) is 5.74. The first kappa shape index (κ1) is 9.49. The average Bonchev–Trinajstić information content (AvgIpc) is 2.03. The van der Waals surface area contributed by atoms with Gasteiger partial charge in [0.05, 0.1) is 6.54 Å². The van der Waals surface area contributed by atoms with Crippen molar-refractivity contribution >= 4 is 23.2 Å². The molecule has 64 valence electrons. The summed E-state index contributed by atoms with van der Waals surface area (Å²) in [5.74, 6) is 0. The lowest BCUT2D eigenvalue weighted by molar-refractivity contribution is 0.934. The number of halogens is 2. The maximum atomic E-state index is 5.88. The van der Waals surface area contributed by atoms with Crippen LogP contribution in [-0.4, -0.2) is 7.05 Å². The van der Waals surface area contributed by atoms with E-state index in [0.717, 1.165) is 5.56 Å². The first-order valence-electron chi connectivity index (χ1n) is 3.43. The number of azo groups is 1. The number of hydrogen-bond acceptors (Lipinski definition) is 2. The molecule has 0 aliphatic rings. The van der Waals surface area contributed by atoms with Crippen molar-refractivity contribution in [1.29, 1.82) is 0 Å². The molecule has 0 fully saturated rings. The number of benzene rings is 1. The van der Waals surface area contributed by atoms with Crippen molar-refractivity contribution in [2.45, 2.75) is 6.54 Å². The van der Waals surface area contributed by atoms with Crippen LogP contribution in [0.4, 0.5) is 0 Å². The molecule has 0 saturated heterocycles. The molecule has 0 spiro atoms. The number of rotatable bonds is 2. The van der Waals surface area contributed by atoms with Crippen molar-refractivity contribution in [3.8, 4) is 0 Å². The van der Waals surface area contributed by atoms with Gasteiger partial charge in [-0.3, -0.25) is 0 Å². The van der Waals surface area contributed by atoms with Gasteiger partial charge in [0.15, 0.2) is 0 Å². The predicted octanol–water partition coefficient (Wildman–Crippen LogP) is 3.58. The van der Waals surface area contributed by atoms with Gasteiger partial charge in [-0.05, 0) is 17.7 Å². The van der Waals surface area contributed by atoms with E-state index < -0.39 is 0 Å². The maximum Gasteiger partial charge on any atom is 0.0863 e. The van der Waals surface area contributed by atoms with E-state index in [1.807, 2.05) is 6.07 Å². The zero-order valence-electron chi connectivity index (χ0n) is 6.59. The Hall–Kier alpha value is -0.600. The molecule has 1 aromatic carbocycles. The highest BCUT2D eigenvalue weighted by molar-refractivity contribution is 6.35. The Labute approximate surface area is 81.2 Å². The van der Waals surface area contributed by atoms with Gasteiger partial charge in [0, 0.05) is 17.1 Å². The van der Waals surface area contributed by atoms with Gasteiger partial charge in [0.1, 0.15) is 0 Å². The van der Waals surface area contributed by atoms with Gasteiger partial charge in [-0.25, -0.2) is 0 Å². The normalized spacial score (nSPS) is 10.9. The van der Waals surface area contributed by atoms with Crippen LogP contribution in [0.5, 0.6) is 0 Å². The standard InChI is InChI=1S/C8H8Cl2N2/c1-11-12-5-6-2-3-7(9)4-8(6)10/h2-4H,5H2,1H3. The fraction of sp³-hybridized carbons (Fsp3) is 0.250. The van der Waals surface area contributed by atoms with Crippen molar-refractivity contribution < 1.29 is 0 Å². The Morgan fingerprint density at radius 2 is 2.08 bits per heavy atom. The Bertz CT molecular complexity index is 297. The highest BCUT2D eigenvalue weighted by atomic mass is 35.5. The monoisotopic (exact) mass is 202 g/mol. The molecule has 1 rings (SSSR count). The van der Waals surface area contributed by atoms with Crippen LogP contribution in [0.25, 0.3) is 0 Å². The molecule has 0 aliphatic carbocycles. The lowest BCUT2D eigenvalue weighted by Gasteiger charge is -1.99. The molecule has 4 heteroatoms. The predicted molar refractivity (Wildman–Crippen MR) is 50.9 cm³/mol. The summed E-state index contributed by atoms with van der Waals surface area (Å²) in [6.45, 7) is 0.506. The molecule has 12 heavy (non-hydrogen) atoms. The SMILES string of the molecule is CN=NCc1ccc(Cl)cc1Cl. The Kier molecular flexibility index (Phi) is 3.50. The first-order valence-corrected chi connectivity index (χ1v) is 4.19. The zero-order valence-corrected chi connectivity index (χ0v) is 8.10. The smallest absolute Gasteiger partial charge is 0.0863 e. The average molecular weight is 203 g/mol. The minimum absolute atomic E-state index is 0.506. The van der Waals surface area contributed by atoms with Crippen molar-refractivity contribution in [2.75, 3.05) is 7.05 Å². The minimum Gasteiger partial charge on any atom is -0.197 e. The van der Waals surface area contributed by atoms with Gasteiger partial charge in [-0.15, -0.1) is 0 Å². The van der Waals surface area contributed by atoms with Crippen LogP contribution in [0.1, 0.15) is 5.56 Å².